The van der Waals surface area contributed by atoms with Gasteiger partial charge in [-0.15, -0.1) is 0 Å². The molecule has 0 radical (unpaired) electrons. The molecule has 2 aromatic carbocycles. The lowest BCUT2D eigenvalue weighted by atomic mass is 9.94. The number of amides is 2. The highest BCUT2D eigenvalue weighted by molar-refractivity contribution is 6.13. The van der Waals surface area contributed by atoms with Crippen LogP contribution in [0.2, 0.25) is 0 Å². The number of rotatable bonds is 5. The van der Waals surface area contributed by atoms with Crippen molar-refractivity contribution >= 4 is 23.5 Å². The maximum Gasteiger partial charge on any atom is 0.257 e. The van der Waals surface area contributed by atoms with Gasteiger partial charge < -0.3 is 10.6 Å². The van der Waals surface area contributed by atoms with Crippen LogP contribution in [0.25, 0.3) is 11.1 Å². The number of carbonyl (C=O) groups is 2. The molecule has 0 aliphatic heterocycles. The highest BCUT2D eigenvalue weighted by Crippen LogP contribution is 2.29. The van der Waals surface area contributed by atoms with Crippen molar-refractivity contribution in [3.63, 3.8) is 0 Å². The van der Waals surface area contributed by atoms with E-state index in [1.54, 1.807) is 36.7 Å². The lowest BCUT2D eigenvalue weighted by Gasteiger charge is -2.14. The molecule has 0 aliphatic rings. The number of pyridine rings is 2. The Hall–Kier alpha value is -4.32. The van der Waals surface area contributed by atoms with Crippen molar-refractivity contribution in [2.75, 3.05) is 10.6 Å². The fourth-order valence-electron chi connectivity index (χ4n) is 3.41. The van der Waals surface area contributed by atoms with Crippen LogP contribution in [-0.4, -0.2) is 21.8 Å². The third-order valence-electron chi connectivity index (χ3n) is 5.12. The van der Waals surface area contributed by atoms with Crippen LogP contribution in [0.1, 0.15) is 31.8 Å². The lowest BCUT2D eigenvalue weighted by molar-refractivity contribution is 0.101. The van der Waals surface area contributed by atoms with E-state index < -0.39 is 0 Å². The largest absolute Gasteiger partial charge is 0.306 e. The second-order valence-corrected chi connectivity index (χ2v) is 7.34. The Kier molecular flexibility index (Phi) is 6.03. The fraction of sp³-hybridized carbons (Fsp3) is 0.0769. The van der Waals surface area contributed by atoms with Crippen LogP contribution in [0.3, 0.4) is 0 Å². The van der Waals surface area contributed by atoms with Gasteiger partial charge in [-0.2, -0.15) is 0 Å². The Balaban J connectivity index is 1.70. The van der Waals surface area contributed by atoms with E-state index >= 15 is 0 Å². The monoisotopic (exact) mass is 422 g/mol. The molecule has 4 rings (SSSR count). The second kappa shape index (κ2) is 9.22. The van der Waals surface area contributed by atoms with Gasteiger partial charge in [0, 0.05) is 23.5 Å². The van der Waals surface area contributed by atoms with Crippen molar-refractivity contribution in [1.29, 1.82) is 0 Å². The molecule has 2 aromatic heterocycles. The first-order chi connectivity index (χ1) is 15.5. The molecule has 0 saturated carbocycles. The first-order valence-corrected chi connectivity index (χ1v) is 10.2. The molecular formula is C26H22N4O2. The average Bonchev–Trinajstić information content (AvgIpc) is 2.82. The Bertz CT molecular complexity index is 1200. The minimum Gasteiger partial charge on any atom is -0.306 e. The van der Waals surface area contributed by atoms with Gasteiger partial charge in [-0.3, -0.25) is 9.59 Å². The molecule has 0 bridgehead atoms. The van der Waals surface area contributed by atoms with E-state index in [0.717, 1.165) is 11.1 Å². The summed E-state index contributed by atoms with van der Waals surface area (Å²) in [6.45, 7) is 3.77. The van der Waals surface area contributed by atoms with E-state index in [4.69, 9.17) is 0 Å². The third-order valence-corrected chi connectivity index (χ3v) is 5.12. The number of nitrogens with zero attached hydrogens (tertiary/aromatic N) is 2. The maximum absolute atomic E-state index is 13.1. The number of benzene rings is 2. The summed E-state index contributed by atoms with van der Waals surface area (Å²) in [5, 5.41) is 5.74. The molecule has 2 N–H and O–H groups in total. The molecule has 0 fully saturated rings. The lowest BCUT2D eigenvalue weighted by Crippen LogP contribution is -2.17. The summed E-state index contributed by atoms with van der Waals surface area (Å²) in [4.78, 5) is 34.7. The van der Waals surface area contributed by atoms with Gasteiger partial charge >= 0.3 is 0 Å². The standard InChI is InChI=1S/C26H22N4O2/c1-17-9-7-15-27-23(17)29-25(31)21-13-5-3-11-19(21)20-12-4-6-14-22(20)26(32)30-24-18(2)10-8-16-28-24/h3-16H,1-2H3,(H,27,29,31)(H,28,30,32). The zero-order chi connectivity index (χ0) is 22.5. The average molecular weight is 422 g/mol. The van der Waals surface area contributed by atoms with E-state index in [0.29, 0.717) is 33.9 Å². The van der Waals surface area contributed by atoms with Crippen LogP contribution < -0.4 is 10.6 Å². The van der Waals surface area contributed by atoms with Crippen LogP contribution in [0, 0.1) is 13.8 Å². The van der Waals surface area contributed by atoms with Gasteiger partial charge in [0.15, 0.2) is 0 Å². The summed E-state index contributed by atoms with van der Waals surface area (Å²) in [6.07, 6.45) is 3.27. The van der Waals surface area contributed by atoms with Gasteiger partial charge in [0.2, 0.25) is 0 Å². The summed E-state index contributed by atoms with van der Waals surface area (Å²) in [7, 11) is 0. The number of hydrogen-bond donors (Lipinski definition) is 2. The van der Waals surface area contributed by atoms with E-state index in [1.807, 2.05) is 62.4 Å². The van der Waals surface area contributed by atoms with Crippen LogP contribution in [-0.2, 0) is 0 Å². The molecule has 0 saturated heterocycles. The smallest absolute Gasteiger partial charge is 0.257 e. The molecule has 32 heavy (non-hydrogen) atoms. The fourth-order valence-corrected chi connectivity index (χ4v) is 3.41. The van der Waals surface area contributed by atoms with E-state index in [-0.39, 0.29) is 11.8 Å². The Morgan fingerprint density at radius 2 is 1.00 bits per heavy atom. The molecule has 158 valence electrons. The van der Waals surface area contributed by atoms with E-state index in [2.05, 4.69) is 20.6 Å². The SMILES string of the molecule is Cc1cccnc1NC(=O)c1ccccc1-c1ccccc1C(=O)Nc1ncccc1C. The Labute approximate surface area is 186 Å². The van der Waals surface area contributed by atoms with Crippen LogP contribution >= 0.6 is 0 Å². The summed E-state index contributed by atoms with van der Waals surface area (Å²) in [5.41, 5.74) is 3.94. The third kappa shape index (κ3) is 4.39. The van der Waals surface area contributed by atoms with Crippen molar-refractivity contribution in [3.8, 4) is 11.1 Å². The predicted molar refractivity (Wildman–Crippen MR) is 126 cm³/mol. The summed E-state index contributed by atoms with van der Waals surface area (Å²) >= 11 is 0. The quantitative estimate of drug-likeness (QED) is 0.459. The van der Waals surface area contributed by atoms with E-state index in [9.17, 15) is 9.59 Å². The number of hydrogen-bond acceptors (Lipinski definition) is 4. The van der Waals surface area contributed by atoms with Crippen molar-refractivity contribution in [2.45, 2.75) is 13.8 Å². The van der Waals surface area contributed by atoms with Gasteiger partial charge in [-0.25, -0.2) is 9.97 Å². The highest BCUT2D eigenvalue weighted by atomic mass is 16.2. The number of carbonyl (C=O) groups excluding carboxylic acids is 2. The second-order valence-electron chi connectivity index (χ2n) is 7.34. The maximum atomic E-state index is 13.1. The molecule has 0 aliphatic carbocycles. The highest BCUT2D eigenvalue weighted by Gasteiger charge is 2.19. The van der Waals surface area contributed by atoms with Crippen LogP contribution in [0.15, 0.2) is 85.2 Å². The molecule has 0 atom stereocenters. The number of aryl methyl sites for hydroxylation is 2. The van der Waals surface area contributed by atoms with Gasteiger partial charge in [0.05, 0.1) is 0 Å². The van der Waals surface area contributed by atoms with Crippen molar-refractivity contribution in [1.82, 2.24) is 9.97 Å². The summed E-state index contributed by atoms with van der Waals surface area (Å²) in [5.74, 6) is 0.421. The van der Waals surface area contributed by atoms with Gasteiger partial charge in [-0.1, -0.05) is 48.5 Å². The molecule has 6 heteroatoms. The van der Waals surface area contributed by atoms with Crippen molar-refractivity contribution in [2.24, 2.45) is 0 Å². The van der Waals surface area contributed by atoms with Crippen molar-refractivity contribution in [3.05, 3.63) is 107 Å². The first-order valence-electron chi connectivity index (χ1n) is 10.2. The summed E-state index contributed by atoms with van der Waals surface area (Å²) < 4.78 is 0. The molecule has 0 unspecified atom stereocenters. The Morgan fingerprint density at radius 3 is 1.41 bits per heavy atom. The zero-order valence-electron chi connectivity index (χ0n) is 17.8. The summed E-state index contributed by atoms with van der Waals surface area (Å²) in [6, 6.07) is 21.8. The van der Waals surface area contributed by atoms with Crippen LogP contribution in [0.4, 0.5) is 11.6 Å². The number of anilines is 2. The molecule has 6 nitrogen and oxygen atoms in total. The number of nitrogens with one attached hydrogen (secondary N) is 2. The Morgan fingerprint density at radius 1 is 0.594 bits per heavy atom. The molecule has 0 spiro atoms. The minimum absolute atomic E-state index is 0.293. The molecule has 2 amide bonds. The zero-order valence-corrected chi connectivity index (χ0v) is 17.8. The topological polar surface area (TPSA) is 84.0 Å². The van der Waals surface area contributed by atoms with Crippen LogP contribution in [0.5, 0.6) is 0 Å². The normalized spacial score (nSPS) is 10.4. The minimum atomic E-state index is -0.293. The van der Waals surface area contributed by atoms with Crippen molar-refractivity contribution < 1.29 is 9.59 Å². The van der Waals surface area contributed by atoms with Gasteiger partial charge in [0.25, 0.3) is 11.8 Å². The van der Waals surface area contributed by atoms with Gasteiger partial charge in [0.1, 0.15) is 11.6 Å². The van der Waals surface area contributed by atoms with Gasteiger partial charge in [-0.05, 0) is 60.4 Å². The molecule has 4 aromatic rings. The van der Waals surface area contributed by atoms with E-state index in [1.165, 1.54) is 0 Å². The molecular weight excluding hydrogens is 400 g/mol. The molecule has 2 heterocycles. The predicted octanol–water partition coefficient (Wildman–Crippen LogP) is 5.27. The number of aromatic nitrogens is 2. The first kappa shape index (κ1) is 20.9.